The normalized spacial score (nSPS) is 21.3. The summed E-state index contributed by atoms with van der Waals surface area (Å²) < 4.78 is 0. The average Bonchev–Trinajstić information content (AvgIpc) is 2.37. The first kappa shape index (κ1) is 14.5. The molecule has 1 aliphatic heterocycles. The highest BCUT2D eigenvalue weighted by Crippen LogP contribution is 2.29. The van der Waals surface area contributed by atoms with Crippen molar-refractivity contribution in [3.05, 3.63) is 35.4 Å². The summed E-state index contributed by atoms with van der Waals surface area (Å²) in [6.07, 6.45) is 2.69. The molecule has 1 unspecified atom stereocenters. The molecule has 2 rings (SSSR count). The number of hydrogen-bond donors (Lipinski definition) is 1. The molecule has 2 heteroatoms. The molecule has 1 atom stereocenters. The summed E-state index contributed by atoms with van der Waals surface area (Å²) in [5.41, 5.74) is 8.97. The van der Waals surface area contributed by atoms with E-state index in [-0.39, 0.29) is 0 Å². The fourth-order valence-corrected chi connectivity index (χ4v) is 3.03. The molecule has 2 N–H and O–H groups in total. The van der Waals surface area contributed by atoms with Crippen LogP contribution in [0.4, 0.5) is 0 Å². The van der Waals surface area contributed by atoms with Gasteiger partial charge >= 0.3 is 0 Å². The average molecular weight is 260 g/mol. The van der Waals surface area contributed by atoms with E-state index in [1.54, 1.807) is 0 Å². The van der Waals surface area contributed by atoms with Crippen molar-refractivity contribution in [1.82, 2.24) is 4.90 Å². The van der Waals surface area contributed by atoms with E-state index in [4.69, 9.17) is 5.73 Å². The zero-order valence-corrected chi connectivity index (χ0v) is 12.7. The second kappa shape index (κ2) is 6.06. The number of nitrogens with zero attached hydrogens (tertiary/aromatic N) is 1. The Morgan fingerprint density at radius 3 is 2.53 bits per heavy atom. The highest BCUT2D eigenvalue weighted by molar-refractivity contribution is 5.25. The van der Waals surface area contributed by atoms with E-state index in [2.05, 4.69) is 49.9 Å². The van der Waals surface area contributed by atoms with Gasteiger partial charge in [-0.3, -0.25) is 4.90 Å². The fraction of sp³-hybridized carbons (Fsp3) is 0.647. The minimum absolute atomic E-state index is 0.461. The van der Waals surface area contributed by atoms with E-state index in [1.165, 1.54) is 37.1 Å². The summed E-state index contributed by atoms with van der Waals surface area (Å²) in [7, 11) is 0. The Kier molecular flexibility index (Phi) is 4.64. The minimum Gasteiger partial charge on any atom is -0.330 e. The van der Waals surface area contributed by atoms with Gasteiger partial charge < -0.3 is 5.73 Å². The van der Waals surface area contributed by atoms with Gasteiger partial charge in [0.25, 0.3) is 0 Å². The van der Waals surface area contributed by atoms with Crippen molar-refractivity contribution in [3.8, 4) is 0 Å². The van der Waals surface area contributed by atoms with Crippen molar-refractivity contribution in [1.29, 1.82) is 0 Å². The molecule has 0 aliphatic carbocycles. The number of likely N-dealkylation sites (tertiary alicyclic amines) is 1. The lowest BCUT2D eigenvalue weighted by atomic mass is 9.84. The van der Waals surface area contributed by atoms with Crippen molar-refractivity contribution in [2.45, 2.75) is 46.1 Å². The summed E-state index contributed by atoms with van der Waals surface area (Å²) >= 11 is 0. The van der Waals surface area contributed by atoms with E-state index in [9.17, 15) is 0 Å². The van der Waals surface area contributed by atoms with Crippen LogP contribution in [0.1, 0.15) is 50.7 Å². The highest BCUT2D eigenvalue weighted by Gasteiger charge is 2.26. The molecule has 0 radical (unpaired) electrons. The second-order valence-electron chi connectivity index (χ2n) is 6.86. The van der Waals surface area contributed by atoms with Crippen LogP contribution in [0.2, 0.25) is 0 Å². The first-order valence-electron chi connectivity index (χ1n) is 7.51. The predicted octanol–water partition coefficient (Wildman–Crippen LogP) is 3.37. The molecule has 1 fully saturated rings. The summed E-state index contributed by atoms with van der Waals surface area (Å²) in [6.45, 7) is 11.2. The fourth-order valence-electron chi connectivity index (χ4n) is 3.03. The Bertz CT molecular complexity index is 394. The zero-order valence-electron chi connectivity index (χ0n) is 12.7. The van der Waals surface area contributed by atoms with Crippen LogP contribution in [0.3, 0.4) is 0 Å². The van der Waals surface area contributed by atoms with Crippen LogP contribution >= 0.6 is 0 Å². The molecule has 1 saturated heterocycles. The number of rotatable bonds is 4. The van der Waals surface area contributed by atoms with E-state index in [1.807, 2.05) is 0 Å². The smallest absolute Gasteiger partial charge is 0.0233 e. The maximum absolute atomic E-state index is 5.71. The Morgan fingerprint density at radius 1 is 1.26 bits per heavy atom. The zero-order chi connectivity index (χ0) is 13.9. The molecular formula is C17H28N2. The van der Waals surface area contributed by atoms with E-state index < -0.39 is 0 Å². The quantitative estimate of drug-likeness (QED) is 0.899. The van der Waals surface area contributed by atoms with Gasteiger partial charge in [0.2, 0.25) is 0 Å². The van der Waals surface area contributed by atoms with Gasteiger partial charge in [-0.15, -0.1) is 0 Å². The lowest BCUT2D eigenvalue weighted by Crippen LogP contribution is -2.39. The predicted molar refractivity (Wildman–Crippen MR) is 82.2 cm³/mol. The lowest BCUT2D eigenvalue weighted by molar-refractivity contribution is 0.111. The van der Waals surface area contributed by atoms with Gasteiger partial charge in [0.15, 0.2) is 0 Å². The molecule has 1 aromatic rings. The monoisotopic (exact) mass is 260 g/mol. The molecule has 1 heterocycles. The van der Waals surface area contributed by atoms with Gasteiger partial charge in [-0.25, -0.2) is 0 Å². The number of benzene rings is 1. The molecule has 1 aromatic carbocycles. The third-order valence-electron chi connectivity index (χ3n) is 4.29. The Hall–Kier alpha value is -0.860. The van der Waals surface area contributed by atoms with Gasteiger partial charge in [-0.2, -0.15) is 0 Å². The van der Waals surface area contributed by atoms with Gasteiger partial charge in [-0.05, 0) is 48.4 Å². The molecule has 0 aromatic heterocycles. The maximum atomic E-state index is 5.71. The van der Waals surface area contributed by atoms with Crippen LogP contribution in [-0.4, -0.2) is 24.5 Å². The Morgan fingerprint density at radius 2 is 1.95 bits per heavy atom. The van der Waals surface area contributed by atoms with Crippen molar-refractivity contribution in [2.75, 3.05) is 19.6 Å². The molecule has 2 nitrogen and oxygen atoms in total. The Labute approximate surface area is 118 Å². The largest absolute Gasteiger partial charge is 0.330 e. The molecule has 1 aliphatic rings. The van der Waals surface area contributed by atoms with E-state index >= 15 is 0 Å². The van der Waals surface area contributed by atoms with Gasteiger partial charge in [0.05, 0.1) is 0 Å². The SMILES string of the molecule is CC(CN)c1ccc(CN2CCCC(C)(C)C2)cc1. The van der Waals surface area contributed by atoms with Gasteiger partial charge in [-0.1, -0.05) is 45.0 Å². The van der Waals surface area contributed by atoms with Crippen LogP contribution in [-0.2, 0) is 6.54 Å². The topological polar surface area (TPSA) is 29.3 Å². The summed E-state index contributed by atoms with van der Waals surface area (Å²) in [5.74, 6) is 0.461. The second-order valence-corrected chi connectivity index (χ2v) is 6.86. The third-order valence-corrected chi connectivity index (χ3v) is 4.29. The van der Waals surface area contributed by atoms with Gasteiger partial charge in [0.1, 0.15) is 0 Å². The number of nitrogens with two attached hydrogens (primary N) is 1. The van der Waals surface area contributed by atoms with Crippen LogP contribution in [0, 0.1) is 5.41 Å². The summed E-state index contributed by atoms with van der Waals surface area (Å²) in [4.78, 5) is 2.59. The van der Waals surface area contributed by atoms with Gasteiger partial charge in [0, 0.05) is 13.1 Å². The molecule has 0 bridgehead atoms. The van der Waals surface area contributed by atoms with Crippen LogP contribution in [0.5, 0.6) is 0 Å². The molecule has 19 heavy (non-hydrogen) atoms. The van der Waals surface area contributed by atoms with Crippen molar-refractivity contribution < 1.29 is 0 Å². The molecule has 0 amide bonds. The van der Waals surface area contributed by atoms with Crippen molar-refractivity contribution in [2.24, 2.45) is 11.1 Å². The first-order valence-corrected chi connectivity index (χ1v) is 7.51. The summed E-state index contributed by atoms with van der Waals surface area (Å²) in [5, 5.41) is 0. The highest BCUT2D eigenvalue weighted by atomic mass is 15.1. The minimum atomic E-state index is 0.461. The lowest BCUT2D eigenvalue weighted by Gasteiger charge is -2.38. The standard InChI is InChI=1S/C17H28N2/c1-14(11-18)16-7-5-15(6-8-16)12-19-10-4-9-17(2,3)13-19/h5-8,14H,4,9-13,18H2,1-3H3. The van der Waals surface area contributed by atoms with Crippen molar-refractivity contribution in [3.63, 3.8) is 0 Å². The maximum Gasteiger partial charge on any atom is 0.0233 e. The summed E-state index contributed by atoms with van der Waals surface area (Å²) in [6, 6.07) is 9.01. The van der Waals surface area contributed by atoms with Crippen LogP contribution < -0.4 is 5.73 Å². The number of piperidine rings is 1. The molecule has 0 spiro atoms. The third kappa shape index (κ3) is 4.05. The van der Waals surface area contributed by atoms with Crippen LogP contribution in [0.25, 0.3) is 0 Å². The van der Waals surface area contributed by atoms with E-state index in [0.717, 1.165) is 13.1 Å². The molecular weight excluding hydrogens is 232 g/mol. The first-order chi connectivity index (χ1) is 9.00. The molecule has 0 saturated carbocycles. The number of hydrogen-bond acceptors (Lipinski definition) is 2. The Balaban J connectivity index is 1.96. The van der Waals surface area contributed by atoms with Crippen LogP contribution in [0.15, 0.2) is 24.3 Å². The molecule has 106 valence electrons. The van der Waals surface area contributed by atoms with Crippen molar-refractivity contribution >= 4 is 0 Å². The van der Waals surface area contributed by atoms with E-state index in [0.29, 0.717) is 11.3 Å².